The molecule has 1 N–H and O–H groups in total. The summed E-state index contributed by atoms with van der Waals surface area (Å²) in [4.78, 5) is 39.5. The molecule has 172 valence electrons. The van der Waals surface area contributed by atoms with E-state index in [-0.39, 0.29) is 22.8 Å². The van der Waals surface area contributed by atoms with E-state index in [4.69, 9.17) is 21.1 Å². The lowest BCUT2D eigenvalue weighted by Gasteiger charge is -2.14. The van der Waals surface area contributed by atoms with E-state index in [1.54, 1.807) is 31.2 Å². The Balaban J connectivity index is 1.79. The van der Waals surface area contributed by atoms with Crippen LogP contribution in [0.3, 0.4) is 0 Å². The lowest BCUT2D eigenvalue weighted by molar-refractivity contribution is -0.123. The van der Waals surface area contributed by atoms with Crippen molar-refractivity contribution in [3.05, 3.63) is 70.7 Å². The van der Waals surface area contributed by atoms with Crippen molar-refractivity contribution in [2.24, 2.45) is 0 Å². The van der Waals surface area contributed by atoms with Crippen molar-refractivity contribution in [1.82, 2.24) is 0 Å². The first-order valence-corrected chi connectivity index (χ1v) is 12.5. The van der Waals surface area contributed by atoms with Crippen LogP contribution in [0.2, 0.25) is 5.02 Å². The number of esters is 2. The molecule has 9 heteroatoms. The second kappa shape index (κ2) is 11.4. The van der Waals surface area contributed by atoms with Gasteiger partial charge in [0, 0.05) is 9.77 Å². The van der Waals surface area contributed by atoms with Crippen LogP contribution >= 0.6 is 34.7 Å². The fourth-order valence-electron chi connectivity index (χ4n) is 2.87. The largest absolute Gasteiger partial charge is 0.462 e. The van der Waals surface area contributed by atoms with Gasteiger partial charge in [0.2, 0.25) is 0 Å². The molecule has 0 bridgehead atoms. The predicted octanol–water partition coefficient (Wildman–Crippen LogP) is 6.15. The highest BCUT2D eigenvalue weighted by atomic mass is 35.5. The van der Waals surface area contributed by atoms with Gasteiger partial charge >= 0.3 is 11.9 Å². The molecule has 33 heavy (non-hydrogen) atoms. The Bertz CT molecular complexity index is 1160. The quantitative estimate of drug-likeness (QED) is 0.293. The van der Waals surface area contributed by atoms with Gasteiger partial charge in [-0.05, 0) is 49.9 Å². The minimum absolute atomic E-state index is 0.179. The molecule has 0 radical (unpaired) electrons. The number of thioether (sulfide) groups is 1. The first-order valence-electron chi connectivity index (χ1n) is 10.1. The Morgan fingerprint density at radius 2 is 1.79 bits per heavy atom. The number of carbonyl (C=O) groups is 3. The van der Waals surface area contributed by atoms with E-state index in [0.29, 0.717) is 5.00 Å². The van der Waals surface area contributed by atoms with Crippen LogP contribution in [0.5, 0.6) is 0 Å². The third-order valence-electron chi connectivity index (χ3n) is 4.57. The van der Waals surface area contributed by atoms with Crippen LogP contribution in [0.15, 0.2) is 59.5 Å². The van der Waals surface area contributed by atoms with Gasteiger partial charge in [-0.3, -0.25) is 4.79 Å². The highest BCUT2D eigenvalue weighted by molar-refractivity contribution is 7.98. The molecule has 1 heterocycles. The molecule has 0 aliphatic rings. The summed E-state index contributed by atoms with van der Waals surface area (Å²) in [5, 5.41) is 3.26. The number of amides is 1. The lowest BCUT2D eigenvalue weighted by Crippen LogP contribution is -2.30. The third-order valence-corrected chi connectivity index (χ3v) is 6.72. The normalized spacial score (nSPS) is 11.5. The fourth-order valence-corrected chi connectivity index (χ4v) is 4.56. The smallest absolute Gasteiger partial charge is 0.341 e. The van der Waals surface area contributed by atoms with E-state index in [9.17, 15) is 14.4 Å². The van der Waals surface area contributed by atoms with Crippen molar-refractivity contribution >= 4 is 57.5 Å². The van der Waals surface area contributed by atoms with Crippen molar-refractivity contribution in [2.75, 3.05) is 18.2 Å². The van der Waals surface area contributed by atoms with Gasteiger partial charge in [0.25, 0.3) is 5.91 Å². The molecule has 3 aromatic rings. The highest BCUT2D eigenvalue weighted by Crippen LogP contribution is 2.36. The van der Waals surface area contributed by atoms with Gasteiger partial charge in [-0.2, -0.15) is 0 Å². The molecular formula is C24H22ClNO5S2. The molecule has 1 atom stereocenters. The number of ether oxygens (including phenoxy) is 2. The van der Waals surface area contributed by atoms with Crippen LogP contribution in [0.1, 0.15) is 34.6 Å². The summed E-state index contributed by atoms with van der Waals surface area (Å²) in [6.07, 6.45) is 0.754. The molecular weight excluding hydrogens is 482 g/mol. The molecule has 0 saturated heterocycles. The number of hydrogen-bond acceptors (Lipinski definition) is 7. The number of anilines is 1. The van der Waals surface area contributed by atoms with Crippen molar-refractivity contribution < 1.29 is 23.9 Å². The zero-order chi connectivity index (χ0) is 24.0. The van der Waals surface area contributed by atoms with Crippen molar-refractivity contribution in [3.63, 3.8) is 0 Å². The Morgan fingerprint density at radius 3 is 2.45 bits per heavy atom. The molecule has 1 aromatic heterocycles. The zero-order valence-electron chi connectivity index (χ0n) is 18.2. The lowest BCUT2D eigenvalue weighted by atomic mass is 10.1. The fraction of sp³-hybridized carbons (Fsp3) is 0.208. The third kappa shape index (κ3) is 6.16. The summed E-state index contributed by atoms with van der Waals surface area (Å²) in [5.41, 5.74) is 1.32. The minimum atomic E-state index is -1.12. The number of rotatable bonds is 8. The summed E-state index contributed by atoms with van der Waals surface area (Å²) in [6.45, 7) is 3.36. The van der Waals surface area contributed by atoms with Gasteiger partial charge < -0.3 is 14.8 Å². The Labute approximate surface area is 205 Å². The maximum atomic E-state index is 12.8. The van der Waals surface area contributed by atoms with Crippen LogP contribution in [0.4, 0.5) is 5.00 Å². The van der Waals surface area contributed by atoms with Gasteiger partial charge in [0.1, 0.15) is 5.00 Å². The SMILES string of the molecule is CCOC(=O)c1cc(-c2ccccc2)sc1NC(=O)[C@H](C)OC(=O)c1cc(SC)ccc1Cl. The molecule has 0 fully saturated rings. The van der Waals surface area contributed by atoms with Crippen LogP contribution in [-0.2, 0) is 14.3 Å². The second-order valence-corrected chi connectivity index (χ2v) is 9.16. The predicted molar refractivity (Wildman–Crippen MR) is 132 cm³/mol. The van der Waals surface area contributed by atoms with E-state index < -0.39 is 23.9 Å². The van der Waals surface area contributed by atoms with Gasteiger partial charge in [-0.15, -0.1) is 23.1 Å². The number of carbonyl (C=O) groups excluding carboxylic acids is 3. The van der Waals surface area contributed by atoms with Gasteiger partial charge in [-0.1, -0.05) is 41.9 Å². The molecule has 0 spiro atoms. The number of thiophene rings is 1. The Kier molecular flexibility index (Phi) is 8.55. The van der Waals surface area contributed by atoms with E-state index >= 15 is 0 Å². The molecule has 0 aliphatic carbocycles. The number of benzene rings is 2. The second-order valence-electron chi connectivity index (χ2n) is 6.82. The summed E-state index contributed by atoms with van der Waals surface area (Å²) in [5.74, 6) is -1.83. The van der Waals surface area contributed by atoms with Crippen LogP contribution in [0, 0.1) is 0 Å². The minimum Gasteiger partial charge on any atom is -0.462 e. The molecule has 0 aliphatic heterocycles. The van der Waals surface area contributed by atoms with Crippen molar-refractivity contribution in [2.45, 2.75) is 24.8 Å². The van der Waals surface area contributed by atoms with Crippen molar-refractivity contribution in [3.8, 4) is 10.4 Å². The van der Waals surface area contributed by atoms with E-state index in [1.807, 2.05) is 36.6 Å². The maximum absolute atomic E-state index is 12.8. The Morgan fingerprint density at radius 1 is 1.06 bits per heavy atom. The average Bonchev–Trinajstić information content (AvgIpc) is 3.24. The number of halogens is 1. The molecule has 1 amide bonds. The zero-order valence-corrected chi connectivity index (χ0v) is 20.6. The Hall–Kier alpha value is -2.81. The van der Waals surface area contributed by atoms with E-state index in [2.05, 4.69) is 5.32 Å². The summed E-state index contributed by atoms with van der Waals surface area (Å²) >= 11 is 8.82. The van der Waals surface area contributed by atoms with Crippen LogP contribution in [-0.4, -0.2) is 36.8 Å². The molecule has 3 rings (SSSR count). The monoisotopic (exact) mass is 503 g/mol. The number of nitrogens with one attached hydrogen (secondary N) is 1. The van der Waals surface area contributed by atoms with Gasteiger partial charge in [0.15, 0.2) is 6.10 Å². The van der Waals surface area contributed by atoms with Crippen LogP contribution in [0.25, 0.3) is 10.4 Å². The topological polar surface area (TPSA) is 81.7 Å². The highest BCUT2D eigenvalue weighted by Gasteiger charge is 2.25. The van der Waals surface area contributed by atoms with Crippen molar-refractivity contribution in [1.29, 1.82) is 0 Å². The summed E-state index contributed by atoms with van der Waals surface area (Å²) in [6, 6.07) is 16.2. The molecule has 6 nitrogen and oxygen atoms in total. The van der Waals surface area contributed by atoms with E-state index in [1.165, 1.54) is 30.0 Å². The molecule has 0 saturated carbocycles. The maximum Gasteiger partial charge on any atom is 0.341 e. The standard InChI is InChI=1S/C24H22ClNO5S2/c1-4-30-23(28)18-13-20(15-8-6-5-7-9-15)33-22(18)26-21(27)14(2)31-24(29)17-12-16(32-3)10-11-19(17)25/h5-14H,4H2,1-3H3,(H,26,27)/t14-/m0/s1. The average molecular weight is 504 g/mol. The van der Waals surface area contributed by atoms with Gasteiger partial charge in [-0.25, -0.2) is 9.59 Å². The van der Waals surface area contributed by atoms with Crippen LogP contribution < -0.4 is 5.32 Å². The van der Waals surface area contributed by atoms with E-state index in [0.717, 1.165) is 15.3 Å². The van der Waals surface area contributed by atoms with Gasteiger partial charge in [0.05, 0.1) is 22.8 Å². The molecule has 2 aromatic carbocycles. The summed E-state index contributed by atoms with van der Waals surface area (Å²) in [7, 11) is 0. The first-order chi connectivity index (χ1) is 15.8. The first kappa shape index (κ1) is 24.8. The summed E-state index contributed by atoms with van der Waals surface area (Å²) < 4.78 is 10.5. The number of hydrogen-bond donors (Lipinski definition) is 1. The molecule has 0 unspecified atom stereocenters.